The van der Waals surface area contributed by atoms with E-state index in [9.17, 15) is 0 Å². The highest BCUT2D eigenvalue weighted by atomic mass is 35.5. The summed E-state index contributed by atoms with van der Waals surface area (Å²) in [6, 6.07) is 8.35. The number of thiocarbonyl (C=S) groups is 1. The Balaban J connectivity index is 2.14. The number of anilines is 1. The van der Waals surface area contributed by atoms with Gasteiger partial charge in [-0.15, -0.1) is 11.3 Å². The molecule has 0 aliphatic heterocycles. The number of benzene rings is 1. The van der Waals surface area contributed by atoms with Crippen LogP contribution in [-0.2, 0) is 6.54 Å². The van der Waals surface area contributed by atoms with Crippen molar-refractivity contribution in [3.8, 4) is 0 Å². The first kappa shape index (κ1) is 21.2. The lowest BCUT2D eigenvalue weighted by Crippen LogP contribution is -3.12. The Morgan fingerprint density at radius 3 is 2.58 bits per heavy atom. The number of nitrogens with one attached hydrogen (secondary N) is 2. The molecule has 0 atom stereocenters. The molecule has 0 saturated carbocycles. The van der Waals surface area contributed by atoms with Gasteiger partial charge in [0.15, 0.2) is 5.11 Å². The van der Waals surface area contributed by atoms with Crippen molar-refractivity contribution in [3.63, 3.8) is 0 Å². The Morgan fingerprint density at radius 2 is 2.00 bits per heavy atom. The highest BCUT2D eigenvalue weighted by Crippen LogP contribution is 2.27. The van der Waals surface area contributed by atoms with Gasteiger partial charge in [0, 0.05) is 4.88 Å². The van der Waals surface area contributed by atoms with Crippen LogP contribution in [0.5, 0.6) is 0 Å². The normalized spacial score (nSPS) is 11.0. The van der Waals surface area contributed by atoms with Gasteiger partial charge in [0.25, 0.3) is 0 Å². The van der Waals surface area contributed by atoms with Crippen LogP contribution in [0.15, 0.2) is 29.6 Å². The second-order valence-electron chi connectivity index (χ2n) is 6.58. The van der Waals surface area contributed by atoms with Gasteiger partial charge in [-0.1, -0.05) is 23.7 Å². The molecule has 1 aromatic carbocycles. The predicted molar refractivity (Wildman–Crippen MR) is 119 cm³/mol. The molecule has 2 rings (SSSR count). The summed E-state index contributed by atoms with van der Waals surface area (Å²) >= 11 is 14.0. The van der Waals surface area contributed by atoms with E-state index in [1.54, 1.807) is 16.2 Å². The average molecular weight is 411 g/mol. The maximum absolute atomic E-state index is 6.46. The second kappa shape index (κ2) is 10.3. The first-order valence-electron chi connectivity index (χ1n) is 9.13. The first-order valence-corrected chi connectivity index (χ1v) is 10.8. The number of rotatable bonds is 8. The van der Waals surface area contributed by atoms with Crippen molar-refractivity contribution in [2.45, 2.75) is 34.2 Å². The van der Waals surface area contributed by atoms with Gasteiger partial charge in [0.1, 0.15) is 0 Å². The van der Waals surface area contributed by atoms with Crippen molar-refractivity contribution in [3.05, 3.63) is 50.7 Å². The third kappa shape index (κ3) is 5.95. The number of halogens is 1. The molecule has 1 heterocycles. The summed E-state index contributed by atoms with van der Waals surface area (Å²) in [4.78, 5) is 5.14. The van der Waals surface area contributed by atoms with Gasteiger partial charge in [0.2, 0.25) is 0 Å². The van der Waals surface area contributed by atoms with E-state index in [-0.39, 0.29) is 0 Å². The SMILES string of the molecule is CC[NH+](CC)CCN(Cc1cccs1)C(=S)Nc1c(C)cc(C)cc1Cl. The van der Waals surface area contributed by atoms with Crippen LogP contribution in [0.3, 0.4) is 0 Å². The molecule has 0 amide bonds. The number of hydrogen-bond donors (Lipinski definition) is 2. The average Bonchev–Trinajstić information content (AvgIpc) is 3.10. The summed E-state index contributed by atoms with van der Waals surface area (Å²) in [6.45, 7) is 13.7. The minimum Gasteiger partial charge on any atom is -0.338 e. The van der Waals surface area contributed by atoms with Crippen molar-refractivity contribution >= 4 is 46.0 Å². The molecular weight excluding hydrogens is 382 g/mol. The van der Waals surface area contributed by atoms with Crippen molar-refractivity contribution in [2.75, 3.05) is 31.5 Å². The third-order valence-corrected chi connectivity index (χ3v) is 6.13. The van der Waals surface area contributed by atoms with Crippen LogP contribution >= 0.6 is 35.2 Å². The molecule has 3 nitrogen and oxygen atoms in total. The van der Waals surface area contributed by atoms with Crippen molar-refractivity contribution in [2.24, 2.45) is 0 Å². The van der Waals surface area contributed by atoms with Crippen LogP contribution in [0, 0.1) is 13.8 Å². The lowest BCUT2D eigenvalue weighted by Gasteiger charge is -2.28. The van der Waals surface area contributed by atoms with Gasteiger partial charge in [-0.05, 0) is 68.6 Å². The topological polar surface area (TPSA) is 19.7 Å². The van der Waals surface area contributed by atoms with Crippen LogP contribution < -0.4 is 10.2 Å². The van der Waals surface area contributed by atoms with Crippen molar-refractivity contribution in [1.29, 1.82) is 0 Å². The molecule has 2 N–H and O–H groups in total. The molecular formula is C20H29ClN3S2+. The monoisotopic (exact) mass is 410 g/mol. The van der Waals surface area contributed by atoms with E-state index in [0.717, 1.165) is 59.7 Å². The number of aryl methyl sites for hydroxylation is 2. The fraction of sp³-hybridized carbons (Fsp3) is 0.450. The summed E-state index contributed by atoms with van der Waals surface area (Å²) in [7, 11) is 0. The van der Waals surface area contributed by atoms with Crippen LogP contribution in [0.1, 0.15) is 29.9 Å². The van der Waals surface area contributed by atoms with Gasteiger partial charge in [0.05, 0.1) is 43.4 Å². The van der Waals surface area contributed by atoms with Gasteiger partial charge < -0.3 is 15.1 Å². The lowest BCUT2D eigenvalue weighted by atomic mass is 10.1. The molecule has 6 heteroatoms. The molecule has 26 heavy (non-hydrogen) atoms. The zero-order chi connectivity index (χ0) is 19.1. The Hall–Kier alpha value is -1.14. The minimum absolute atomic E-state index is 0.718. The van der Waals surface area contributed by atoms with E-state index in [1.165, 1.54) is 4.88 Å². The minimum atomic E-state index is 0.718. The van der Waals surface area contributed by atoms with Crippen LogP contribution in [-0.4, -0.2) is 36.2 Å². The fourth-order valence-electron chi connectivity index (χ4n) is 3.00. The van der Waals surface area contributed by atoms with Crippen molar-refractivity contribution < 1.29 is 4.90 Å². The highest BCUT2D eigenvalue weighted by molar-refractivity contribution is 7.80. The van der Waals surface area contributed by atoms with E-state index < -0.39 is 0 Å². The zero-order valence-electron chi connectivity index (χ0n) is 16.1. The fourth-order valence-corrected chi connectivity index (χ4v) is 4.35. The third-order valence-electron chi connectivity index (χ3n) is 4.61. The second-order valence-corrected chi connectivity index (χ2v) is 8.40. The molecule has 142 valence electrons. The quantitative estimate of drug-likeness (QED) is 0.638. The van der Waals surface area contributed by atoms with E-state index in [0.29, 0.717) is 0 Å². The van der Waals surface area contributed by atoms with Gasteiger partial charge in [-0.3, -0.25) is 0 Å². The van der Waals surface area contributed by atoms with E-state index in [1.807, 2.05) is 6.07 Å². The number of likely N-dealkylation sites (N-methyl/N-ethyl adjacent to an activating group) is 1. The molecule has 0 spiro atoms. The van der Waals surface area contributed by atoms with Gasteiger partial charge in [-0.25, -0.2) is 0 Å². The van der Waals surface area contributed by atoms with Crippen LogP contribution in [0.25, 0.3) is 0 Å². The lowest BCUT2D eigenvalue weighted by molar-refractivity contribution is -0.895. The van der Waals surface area contributed by atoms with Gasteiger partial charge in [-0.2, -0.15) is 0 Å². The Labute approximate surface area is 172 Å². The summed E-state index contributed by atoms with van der Waals surface area (Å²) < 4.78 is 0. The molecule has 2 aromatic rings. The maximum atomic E-state index is 6.46. The largest absolute Gasteiger partial charge is 0.338 e. The standard InChI is InChI=1S/C20H28ClN3S2/c1-5-23(6-2)9-10-24(14-17-8-7-11-26-17)20(25)22-19-16(4)12-15(3)13-18(19)21/h7-8,11-13H,5-6,9-10,14H2,1-4H3,(H,22,25)/p+1. The van der Waals surface area contributed by atoms with Crippen molar-refractivity contribution in [1.82, 2.24) is 4.90 Å². The number of quaternary nitrogens is 1. The first-order chi connectivity index (χ1) is 12.4. The Kier molecular flexibility index (Phi) is 8.35. The zero-order valence-corrected chi connectivity index (χ0v) is 18.5. The van der Waals surface area contributed by atoms with Crippen LogP contribution in [0.4, 0.5) is 5.69 Å². The molecule has 0 aliphatic carbocycles. The summed E-state index contributed by atoms with van der Waals surface area (Å²) in [6.07, 6.45) is 0. The Morgan fingerprint density at radius 1 is 1.27 bits per heavy atom. The van der Waals surface area contributed by atoms with Gasteiger partial charge >= 0.3 is 0 Å². The number of thiophene rings is 1. The summed E-state index contributed by atoms with van der Waals surface area (Å²) in [5, 5.41) is 6.96. The smallest absolute Gasteiger partial charge is 0.174 e. The van der Waals surface area contributed by atoms with Crippen LogP contribution in [0.2, 0.25) is 5.02 Å². The maximum Gasteiger partial charge on any atom is 0.174 e. The molecule has 1 aromatic heterocycles. The molecule has 0 bridgehead atoms. The molecule has 0 radical (unpaired) electrons. The molecule has 0 unspecified atom stereocenters. The number of nitrogens with zero attached hydrogens (tertiary/aromatic N) is 1. The summed E-state index contributed by atoms with van der Waals surface area (Å²) in [5.41, 5.74) is 3.18. The highest BCUT2D eigenvalue weighted by Gasteiger charge is 2.16. The van der Waals surface area contributed by atoms with E-state index in [2.05, 4.69) is 61.5 Å². The number of hydrogen-bond acceptors (Lipinski definition) is 2. The molecule has 0 saturated heterocycles. The van der Waals surface area contributed by atoms with E-state index in [4.69, 9.17) is 23.8 Å². The van der Waals surface area contributed by atoms with E-state index >= 15 is 0 Å². The molecule has 0 fully saturated rings. The molecule has 0 aliphatic rings. The predicted octanol–water partition coefficient (Wildman–Crippen LogP) is 4.14. The Bertz CT molecular complexity index is 689. The summed E-state index contributed by atoms with van der Waals surface area (Å²) in [5.74, 6) is 0.